The molecule has 112 valence electrons. The smallest absolute Gasteiger partial charge is 0.335 e. The molecule has 1 saturated heterocycles. The fraction of sp³-hybridized carbons (Fsp3) is 0.500. The van der Waals surface area contributed by atoms with Crippen LogP contribution >= 0.6 is 15.9 Å². The highest BCUT2D eigenvalue weighted by atomic mass is 79.9. The van der Waals surface area contributed by atoms with Gasteiger partial charge in [0, 0.05) is 25.3 Å². The molecule has 0 amide bonds. The van der Waals surface area contributed by atoms with Crippen LogP contribution in [0.25, 0.3) is 0 Å². The number of aromatic nitrogens is 1. The van der Waals surface area contributed by atoms with Gasteiger partial charge in [0.1, 0.15) is 5.69 Å². The molecule has 9 heteroatoms. The van der Waals surface area contributed by atoms with E-state index in [9.17, 15) is 10.1 Å². The highest BCUT2D eigenvalue weighted by Crippen LogP contribution is 2.36. The SMILES string of the molecule is N#CCN1CCC(Nc2c(Br)cnc(N)c2[N+](=O)[O-])CC1. The third-order valence-corrected chi connectivity index (χ3v) is 4.05. The molecule has 21 heavy (non-hydrogen) atoms. The summed E-state index contributed by atoms with van der Waals surface area (Å²) < 4.78 is 0.517. The van der Waals surface area contributed by atoms with Gasteiger partial charge < -0.3 is 11.1 Å². The maximum atomic E-state index is 11.2. The average molecular weight is 355 g/mol. The summed E-state index contributed by atoms with van der Waals surface area (Å²) in [5.41, 5.74) is 5.76. The number of piperidine rings is 1. The van der Waals surface area contributed by atoms with Crippen molar-refractivity contribution in [3.63, 3.8) is 0 Å². The molecule has 0 radical (unpaired) electrons. The lowest BCUT2D eigenvalue weighted by molar-refractivity contribution is -0.383. The van der Waals surface area contributed by atoms with Gasteiger partial charge in [-0.3, -0.25) is 15.0 Å². The van der Waals surface area contributed by atoms with Gasteiger partial charge in [0.15, 0.2) is 0 Å². The van der Waals surface area contributed by atoms with E-state index in [-0.39, 0.29) is 17.5 Å². The number of nitrogens with zero attached hydrogens (tertiary/aromatic N) is 4. The molecule has 0 bridgehead atoms. The van der Waals surface area contributed by atoms with Crippen LogP contribution in [0, 0.1) is 21.4 Å². The predicted octanol–water partition coefficient (Wildman–Crippen LogP) is 1.73. The summed E-state index contributed by atoms with van der Waals surface area (Å²) in [4.78, 5) is 16.5. The summed E-state index contributed by atoms with van der Waals surface area (Å²) in [6.45, 7) is 1.99. The number of nitro groups is 1. The maximum absolute atomic E-state index is 11.2. The monoisotopic (exact) mass is 354 g/mol. The van der Waals surface area contributed by atoms with E-state index in [0.29, 0.717) is 16.7 Å². The van der Waals surface area contributed by atoms with Crippen LogP contribution in [-0.4, -0.2) is 40.5 Å². The quantitative estimate of drug-likeness (QED) is 0.479. The molecule has 1 aliphatic heterocycles. The number of hydrogen-bond donors (Lipinski definition) is 2. The number of nitrogens with two attached hydrogens (primary N) is 1. The molecular formula is C12H15BrN6O2. The zero-order valence-corrected chi connectivity index (χ0v) is 12.8. The van der Waals surface area contributed by atoms with Crippen molar-refractivity contribution in [3.05, 3.63) is 20.8 Å². The molecule has 1 aromatic rings. The Bertz CT molecular complexity index is 580. The fourth-order valence-corrected chi connectivity index (χ4v) is 2.76. The second kappa shape index (κ2) is 6.69. The second-order valence-electron chi connectivity index (χ2n) is 4.82. The Balaban J connectivity index is 2.12. The number of hydrogen-bond acceptors (Lipinski definition) is 7. The molecule has 1 fully saturated rings. The van der Waals surface area contributed by atoms with Crippen LogP contribution in [-0.2, 0) is 0 Å². The van der Waals surface area contributed by atoms with Gasteiger partial charge in [-0.25, -0.2) is 4.98 Å². The molecule has 0 aliphatic carbocycles. The first kappa shape index (κ1) is 15.5. The molecule has 2 rings (SSSR count). The van der Waals surface area contributed by atoms with Gasteiger partial charge in [0.25, 0.3) is 0 Å². The predicted molar refractivity (Wildman–Crippen MR) is 81.7 cm³/mol. The van der Waals surface area contributed by atoms with E-state index >= 15 is 0 Å². The lowest BCUT2D eigenvalue weighted by Crippen LogP contribution is -2.39. The summed E-state index contributed by atoms with van der Waals surface area (Å²) in [7, 11) is 0. The van der Waals surface area contributed by atoms with Crippen molar-refractivity contribution in [1.29, 1.82) is 5.26 Å². The molecular weight excluding hydrogens is 340 g/mol. The van der Waals surface area contributed by atoms with E-state index in [1.165, 1.54) is 6.20 Å². The summed E-state index contributed by atoms with van der Waals surface area (Å²) in [6, 6.07) is 2.23. The number of likely N-dealkylation sites (tertiary alicyclic amines) is 1. The normalized spacial score (nSPS) is 16.4. The molecule has 0 atom stereocenters. The Kier molecular flexibility index (Phi) is 4.93. The number of nitrogens with one attached hydrogen (secondary N) is 1. The number of halogens is 1. The standard InChI is InChI=1S/C12H15BrN6O2/c13-9-7-16-12(15)11(19(20)21)10(9)17-8-1-4-18(5-2-8)6-3-14/h7-8H,1-2,4-6H2,(H3,15,16,17). The van der Waals surface area contributed by atoms with Gasteiger partial charge in [-0.15, -0.1) is 0 Å². The number of nitrogen functional groups attached to an aromatic ring is 1. The van der Waals surface area contributed by atoms with Crippen LogP contribution in [0.5, 0.6) is 0 Å². The Labute approximate surface area is 130 Å². The molecule has 3 N–H and O–H groups in total. The van der Waals surface area contributed by atoms with Crippen molar-refractivity contribution in [2.75, 3.05) is 30.7 Å². The van der Waals surface area contributed by atoms with Gasteiger partial charge in [0.2, 0.25) is 5.82 Å². The number of nitriles is 1. The van der Waals surface area contributed by atoms with Gasteiger partial charge in [0.05, 0.1) is 22.0 Å². The first-order chi connectivity index (χ1) is 10.0. The van der Waals surface area contributed by atoms with Crippen LogP contribution in [0.4, 0.5) is 17.2 Å². The molecule has 1 aliphatic rings. The average Bonchev–Trinajstić information content (AvgIpc) is 2.45. The van der Waals surface area contributed by atoms with Crippen molar-refractivity contribution in [2.24, 2.45) is 0 Å². The highest BCUT2D eigenvalue weighted by Gasteiger charge is 2.26. The van der Waals surface area contributed by atoms with Gasteiger partial charge >= 0.3 is 5.69 Å². The number of pyridine rings is 1. The van der Waals surface area contributed by atoms with Crippen molar-refractivity contribution >= 4 is 33.1 Å². The maximum Gasteiger partial charge on any atom is 0.335 e. The number of rotatable bonds is 4. The second-order valence-corrected chi connectivity index (χ2v) is 5.68. The Morgan fingerprint density at radius 2 is 2.29 bits per heavy atom. The summed E-state index contributed by atoms with van der Waals surface area (Å²) >= 11 is 3.27. The third kappa shape index (κ3) is 3.59. The fourth-order valence-electron chi connectivity index (χ4n) is 2.35. The van der Waals surface area contributed by atoms with Crippen LogP contribution in [0.1, 0.15) is 12.8 Å². The van der Waals surface area contributed by atoms with E-state index in [2.05, 4.69) is 37.2 Å². The van der Waals surface area contributed by atoms with Crippen LogP contribution in [0.15, 0.2) is 10.7 Å². The van der Waals surface area contributed by atoms with Crippen LogP contribution < -0.4 is 11.1 Å². The van der Waals surface area contributed by atoms with Crippen molar-refractivity contribution < 1.29 is 4.92 Å². The minimum Gasteiger partial charge on any atom is -0.378 e. The van der Waals surface area contributed by atoms with E-state index < -0.39 is 4.92 Å². The van der Waals surface area contributed by atoms with Crippen LogP contribution in [0.3, 0.4) is 0 Å². The zero-order chi connectivity index (χ0) is 15.4. The summed E-state index contributed by atoms with van der Waals surface area (Å²) in [6.07, 6.45) is 3.08. The van der Waals surface area contributed by atoms with E-state index in [1.807, 2.05) is 0 Å². The lowest BCUT2D eigenvalue weighted by atomic mass is 10.0. The molecule has 0 spiro atoms. The Hall–Kier alpha value is -1.92. The molecule has 0 saturated carbocycles. The van der Waals surface area contributed by atoms with Gasteiger partial charge in [-0.2, -0.15) is 5.26 Å². The van der Waals surface area contributed by atoms with Gasteiger partial charge in [-0.1, -0.05) is 0 Å². The Morgan fingerprint density at radius 3 is 2.86 bits per heavy atom. The molecule has 1 aromatic heterocycles. The minimum absolute atomic E-state index is 0.104. The first-order valence-electron chi connectivity index (χ1n) is 6.47. The van der Waals surface area contributed by atoms with Crippen molar-refractivity contribution in [2.45, 2.75) is 18.9 Å². The minimum atomic E-state index is -0.528. The first-order valence-corrected chi connectivity index (χ1v) is 7.26. The topological polar surface area (TPSA) is 121 Å². The van der Waals surface area contributed by atoms with E-state index in [1.54, 1.807) is 0 Å². The Morgan fingerprint density at radius 1 is 1.62 bits per heavy atom. The van der Waals surface area contributed by atoms with E-state index in [4.69, 9.17) is 11.0 Å². The summed E-state index contributed by atoms with van der Waals surface area (Å²) in [5, 5.41) is 23.0. The zero-order valence-electron chi connectivity index (χ0n) is 11.3. The molecule has 0 unspecified atom stereocenters. The third-order valence-electron chi connectivity index (χ3n) is 3.45. The van der Waals surface area contributed by atoms with Gasteiger partial charge in [-0.05, 0) is 28.8 Å². The van der Waals surface area contributed by atoms with Crippen molar-refractivity contribution in [1.82, 2.24) is 9.88 Å². The number of anilines is 2. The molecule has 2 heterocycles. The van der Waals surface area contributed by atoms with Crippen molar-refractivity contribution in [3.8, 4) is 6.07 Å². The largest absolute Gasteiger partial charge is 0.378 e. The van der Waals surface area contributed by atoms with Crippen LogP contribution in [0.2, 0.25) is 0 Å². The molecule has 8 nitrogen and oxygen atoms in total. The lowest BCUT2D eigenvalue weighted by Gasteiger charge is -2.31. The van der Waals surface area contributed by atoms with E-state index in [0.717, 1.165) is 25.9 Å². The summed E-state index contributed by atoms with van der Waals surface area (Å²) in [5.74, 6) is -0.104. The highest BCUT2D eigenvalue weighted by molar-refractivity contribution is 9.10. The molecule has 0 aromatic carbocycles.